The van der Waals surface area contributed by atoms with E-state index in [1.54, 1.807) is 22.7 Å². The number of rotatable bonds is 7. The fourth-order valence-corrected chi connectivity index (χ4v) is 5.02. The van der Waals surface area contributed by atoms with Crippen molar-refractivity contribution in [3.8, 4) is 22.7 Å². The van der Waals surface area contributed by atoms with Gasteiger partial charge in [-0.05, 0) is 48.6 Å². The molecule has 1 amide bonds. The van der Waals surface area contributed by atoms with E-state index < -0.39 is 0 Å². The van der Waals surface area contributed by atoms with Crippen LogP contribution in [0.2, 0.25) is 0 Å². The van der Waals surface area contributed by atoms with Crippen molar-refractivity contribution in [3.63, 3.8) is 0 Å². The van der Waals surface area contributed by atoms with Crippen LogP contribution in [0.25, 0.3) is 16.9 Å². The predicted molar refractivity (Wildman–Crippen MR) is 159 cm³/mol. The van der Waals surface area contributed by atoms with Crippen molar-refractivity contribution < 1.29 is 14.3 Å². The first kappa shape index (κ1) is 28.5. The lowest BCUT2D eigenvalue weighted by Crippen LogP contribution is -2.35. The van der Waals surface area contributed by atoms with Gasteiger partial charge in [0.15, 0.2) is 0 Å². The number of carbonyl (C=O) groups is 1. The van der Waals surface area contributed by atoms with Crippen molar-refractivity contribution in [2.75, 3.05) is 38.7 Å². The van der Waals surface area contributed by atoms with Crippen LogP contribution in [0, 0.1) is 13.8 Å². The highest BCUT2D eigenvalue weighted by Crippen LogP contribution is 2.36. The molecule has 0 bridgehead atoms. The third-order valence-electron chi connectivity index (χ3n) is 7.70. The molecular formula is C31H39N7O3. The second-order valence-electron chi connectivity index (χ2n) is 11.6. The number of hydrogen-bond donors (Lipinski definition) is 1. The number of methoxy groups -OCH3 is 1. The standard InChI is InChI=1S/C31H39N7O3/c1-20-8-9-22(15-28(20)38-19-27(34-35-38)25-17-32-36(6)21(25)2)30(39)33-26-16-24(31(3,4)5)14-23(29(26)40-7)18-37-10-12-41-13-11-37/h8-9,14-17,19H,10-13,18H2,1-7H3,(H,33,39). The normalized spacial score (nSPS) is 14.3. The molecule has 2 aromatic heterocycles. The Morgan fingerprint density at radius 1 is 1.12 bits per heavy atom. The lowest BCUT2D eigenvalue weighted by molar-refractivity contribution is 0.0339. The summed E-state index contributed by atoms with van der Waals surface area (Å²) in [5.41, 5.74) is 7.63. The molecule has 0 spiro atoms. The van der Waals surface area contributed by atoms with Gasteiger partial charge in [-0.25, -0.2) is 4.68 Å². The zero-order valence-corrected chi connectivity index (χ0v) is 25.0. The minimum Gasteiger partial charge on any atom is -0.494 e. The van der Waals surface area contributed by atoms with E-state index in [0.717, 1.165) is 72.2 Å². The van der Waals surface area contributed by atoms with Crippen LogP contribution >= 0.6 is 0 Å². The third-order valence-corrected chi connectivity index (χ3v) is 7.70. The Kier molecular flexibility index (Phi) is 7.97. The van der Waals surface area contributed by atoms with Crippen molar-refractivity contribution in [3.05, 3.63) is 70.7 Å². The summed E-state index contributed by atoms with van der Waals surface area (Å²) in [5.74, 6) is 0.453. The van der Waals surface area contributed by atoms with Crippen molar-refractivity contribution in [2.24, 2.45) is 7.05 Å². The lowest BCUT2D eigenvalue weighted by Gasteiger charge is -2.29. The molecular weight excluding hydrogens is 518 g/mol. The number of carbonyl (C=O) groups excluding carboxylic acids is 1. The lowest BCUT2D eigenvalue weighted by atomic mass is 9.85. The molecule has 4 aromatic rings. The Labute approximate surface area is 241 Å². The van der Waals surface area contributed by atoms with E-state index in [-0.39, 0.29) is 11.3 Å². The molecule has 1 aliphatic rings. The Morgan fingerprint density at radius 3 is 2.54 bits per heavy atom. The summed E-state index contributed by atoms with van der Waals surface area (Å²) in [6.45, 7) is 14.4. The molecule has 0 aliphatic carbocycles. The van der Waals surface area contributed by atoms with Crippen LogP contribution in [-0.4, -0.2) is 69.0 Å². The number of nitrogens with one attached hydrogen (secondary N) is 1. The fraction of sp³-hybridized carbons (Fsp3) is 0.419. The van der Waals surface area contributed by atoms with Crippen LogP contribution in [0.15, 0.2) is 42.7 Å². The second-order valence-corrected chi connectivity index (χ2v) is 11.6. The molecule has 0 saturated carbocycles. The molecule has 1 aliphatic heterocycles. The number of morpholine rings is 1. The maximum absolute atomic E-state index is 13.7. The van der Waals surface area contributed by atoms with Gasteiger partial charge in [0.1, 0.15) is 11.4 Å². The second kappa shape index (κ2) is 11.5. The maximum Gasteiger partial charge on any atom is 0.255 e. The Bertz CT molecular complexity index is 1560. The summed E-state index contributed by atoms with van der Waals surface area (Å²) in [5, 5.41) is 16.2. The molecule has 0 radical (unpaired) electrons. The number of ether oxygens (including phenoxy) is 2. The summed E-state index contributed by atoms with van der Waals surface area (Å²) in [6.07, 6.45) is 3.65. The third kappa shape index (κ3) is 6.03. The van der Waals surface area contributed by atoms with Crippen molar-refractivity contribution >= 4 is 11.6 Å². The molecule has 3 heterocycles. The molecule has 1 saturated heterocycles. The van der Waals surface area contributed by atoms with Gasteiger partial charge in [0.25, 0.3) is 5.91 Å². The topological polar surface area (TPSA) is 99.3 Å². The summed E-state index contributed by atoms with van der Waals surface area (Å²) in [4.78, 5) is 16.0. The smallest absolute Gasteiger partial charge is 0.255 e. The van der Waals surface area contributed by atoms with E-state index >= 15 is 0 Å². The predicted octanol–water partition coefficient (Wildman–Crippen LogP) is 4.68. The van der Waals surface area contributed by atoms with Crippen LogP contribution in [0.4, 0.5) is 5.69 Å². The zero-order valence-electron chi connectivity index (χ0n) is 25.0. The first-order chi connectivity index (χ1) is 19.5. The van der Waals surface area contributed by atoms with E-state index in [1.165, 1.54) is 0 Å². The average Bonchev–Trinajstić information content (AvgIpc) is 3.55. The van der Waals surface area contributed by atoms with Gasteiger partial charge < -0.3 is 14.8 Å². The summed E-state index contributed by atoms with van der Waals surface area (Å²) >= 11 is 0. The Hall–Kier alpha value is -4.02. The molecule has 5 rings (SSSR count). The Morgan fingerprint density at radius 2 is 1.88 bits per heavy atom. The van der Waals surface area contributed by atoms with Gasteiger partial charge in [-0.1, -0.05) is 38.1 Å². The number of anilines is 1. The quantitative estimate of drug-likeness (QED) is 0.352. The average molecular weight is 558 g/mol. The maximum atomic E-state index is 13.7. The van der Waals surface area contributed by atoms with Gasteiger partial charge in [-0.2, -0.15) is 5.10 Å². The minimum absolute atomic E-state index is 0.111. The van der Waals surface area contributed by atoms with Crippen LogP contribution in [-0.2, 0) is 23.7 Å². The molecule has 1 fully saturated rings. The van der Waals surface area contributed by atoms with Gasteiger partial charge in [-0.15, -0.1) is 5.10 Å². The van der Waals surface area contributed by atoms with Crippen LogP contribution in [0.3, 0.4) is 0 Å². The zero-order chi connectivity index (χ0) is 29.3. The largest absolute Gasteiger partial charge is 0.494 e. The van der Waals surface area contributed by atoms with Crippen LogP contribution < -0.4 is 10.1 Å². The minimum atomic E-state index is -0.226. The highest BCUT2D eigenvalue weighted by atomic mass is 16.5. The highest BCUT2D eigenvalue weighted by Gasteiger charge is 2.23. The van der Waals surface area contributed by atoms with Crippen molar-refractivity contribution in [1.29, 1.82) is 0 Å². The van der Waals surface area contributed by atoms with Gasteiger partial charge in [0.05, 0.1) is 44.1 Å². The SMILES string of the molecule is COc1c(CN2CCOCC2)cc(C(C)(C)C)cc1NC(=O)c1ccc(C)c(-n2cc(-c3cnn(C)c3C)nn2)c1. The molecule has 41 heavy (non-hydrogen) atoms. The van der Waals surface area contributed by atoms with Crippen molar-refractivity contribution in [2.45, 2.75) is 46.6 Å². The van der Waals surface area contributed by atoms with Gasteiger partial charge in [0, 0.05) is 49.1 Å². The van der Waals surface area contributed by atoms with Gasteiger partial charge in [0.2, 0.25) is 0 Å². The van der Waals surface area contributed by atoms with Gasteiger partial charge >= 0.3 is 0 Å². The number of nitrogens with zero attached hydrogens (tertiary/aromatic N) is 6. The molecule has 1 N–H and O–H groups in total. The molecule has 0 atom stereocenters. The summed E-state index contributed by atoms with van der Waals surface area (Å²) in [7, 11) is 3.55. The monoisotopic (exact) mass is 557 g/mol. The van der Waals surface area contributed by atoms with Crippen LogP contribution in [0.1, 0.15) is 53.5 Å². The first-order valence-electron chi connectivity index (χ1n) is 13.9. The Balaban J connectivity index is 1.45. The van der Waals surface area contributed by atoms with E-state index in [4.69, 9.17) is 9.47 Å². The van der Waals surface area contributed by atoms with E-state index in [9.17, 15) is 4.79 Å². The van der Waals surface area contributed by atoms with Crippen LogP contribution in [0.5, 0.6) is 5.75 Å². The number of aromatic nitrogens is 5. The molecule has 10 heteroatoms. The fourth-order valence-electron chi connectivity index (χ4n) is 5.02. The van der Waals surface area contributed by atoms with E-state index in [2.05, 4.69) is 52.5 Å². The number of hydrogen-bond acceptors (Lipinski definition) is 7. The molecule has 216 valence electrons. The number of benzene rings is 2. The molecule has 10 nitrogen and oxygen atoms in total. The number of aryl methyl sites for hydroxylation is 2. The van der Waals surface area contributed by atoms with Crippen molar-refractivity contribution in [1.82, 2.24) is 29.7 Å². The summed E-state index contributed by atoms with van der Waals surface area (Å²) in [6, 6.07) is 9.81. The molecule has 0 unspecified atom stereocenters. The molecule has 2 aromatic carbocycles. The summed E-state index contributed by atoms with van der Waals surface area (Å²) < 4.78 is 14.9. The van der Waals surface area contributed by atoms with E-state index in [1.807, 2.05) is 51.4 Å². The first-order valence-corrected chi connectivity index (χ1v) is 13.9. The van der Waals surface area contributed by atoms with Gasteiger partial charge in [-0.3, -0.25) is 14.4 Å². The van der Waals surface area contributed by atoms with E-state index in [0.29, 0.717) is 17.0 Å². The number of amides is 1. The highest BCUT2D eigenvalue weighted by molar-refractivity contribution is 6.05.